The lowest BCUT2D eigenvalue weighted by atomic mass is 10.1. The van der Waals surface area contributed by atoms with Gasteiger partial charge in [-0.05, 0) is 32.0 Å². The Morgan fingerprint density at radius 1 is 1.19 bits per heavy atom. The van der Waals surface area contributed by atoms with Crippen LogP contribution in [-0.2, 0) is 0 Å². The molecule has 0 spiro atoms. The third kappa shape index (κ3) is 2.94. The van der Waals surface area contributed by atoms with Crippen molar-refractivity contribution in [2.75, 3.05) is 6.54 Å². The van der Waals surface area contributed by atoms with Crippen LogP contribution in [0, 0.1) is 0 Å². The van der Waals surface area contributed by atoms with Crippen molar-refractivity contribution in [2.24, 2.45) is 0 Å². The first-order chi connectivity index (χ1) is 10.3. The molecule has 0 fully saturated rings. The van der Waals surface area contributed by atoms with Crippen molar-refractivity contribution < 1.29 is 0 Å². The minimum Gasteiger partial charge on any atom is -0.308 e. The number of hydrogen-bond donors (Lipinski definition) is 1. The van der Waals surface area contributed by atoms with E-state index in [1.807, 2.05) is 24.4 Å². The summed E-state index contributed by atoms with van der Waals surface area (Å²) >= 11 is 1.65. The van der Waals surface area contributed by atoms with Gasteiger partial charge >= 0.3 is 0 Å². The molecule has 1 unspecified atom stereocenters. The Morgan fingerprint density at radius 2 is 2.10 bits per heavy atom. The van der Waals surface area contributed by atoms with Crippen molar-refractivity contribution in [2.45, 2.75) is 26.3 Å². The number of pyridine rings is 1. The molecule has 3 rings (SSSR count). The number of aromatic nitrogens is 3. The van der Waals surface area contributed by atoms with Gasteiger partial charge in [-0.1, -0.05) is 36.5 Å². The molecule has 108 valence electrons. The summed E-state index contributed by atoms with van der Waals surface area (Å²) in [5.41, 5.74) is 2.09. The van der Waals surface area contributed by atoms with Gasteiger partial charge in [0.05, 0.1) is 11.6 Å². The van der Waals surface area contributed by atoms with E-state index in [0.717, 1.165) is 39.4 Å². The van der Waals surface area contributed by atoms with Crippen LogP contribution in [0.2, 0.25) is 0 Å². The largest absolute Gasteiger partial charge is 0.308 e. The average Bonchev–Trinajstić information content (AvgIpc) is 3.02. The van der Waals surface area contributed by atoms with E-state index in [4.69, 9.17) is 0 Å². The van der Waals surface area contributed by atoms with Gasteiger partial charge in [0.25, 0.3) is 0 Å². The number of nitrogens with zero attached hydrogens (tertiary/aromatic N) is 3. The molecular formula is C16H18N4S. The Hall–Kier alpha value is -1.85. The molecule has 0 bridgehead atoms. The fraction of sp³-hybridized carbons (Fsp3) is 0.312. The zero-order chi connectivity index (χ0) is 14.7. The minimum atomic E-state index is 0.240. The Bertz CT molecular complexity index is 732. The van der Waals surface area contributed by atoms with E-state index in [1.54, 1.807) is 11.3 Å². The third-order valence-electron chi connectivity index (χ3n) is 3.39. The highest BCUT2D eigenvalue weighted by Gasteiger charge is 2.14. The second-order valence-electron chi connectivity index (χ2n) is 5.00. The summed E-state index contributed by atoms with van der Waals surface area (Å²) < 4.78 is 0. The highest BCUT2D eigenvalue weighted by Crippen LogP contribution is 2.31. The molecule has 21 heavy (non-hydrogen) atoms. The van der Waals surface area contributed by atoms with Gasteiger partial charge in [0.15, 0.2) is 0 Å². The lowest BCUT2D eigenvalue weighted by molar-refractivity contribution is 0.564. The van der Waals surface area contributed by atoms with E-state index in [9.17, 15) is 0 Å². The summed E-state index contributed by atoms with van der Waals surface area (Å²) in [6, 6.07) is 10.4. The van der Waals surface area contributed by atoms with Gasteiger partial charge < -0.3 is 5.32 Å². The first-order valence-electron chi connectivity index (χ1n) is 7.20. The molecule has 0 aliphatic carbocycles. The standard InChI is InChI=1S/C16H18N4S/c1-3-9-17-11(2)15-19-20-16(21-15)13-6-4-8-14-12(13)7-5-10-18-14/h4-8,10-11,17H,3,9H2,1-2H3. The smallest absolute Gasteiger partial charge is 0.148 e. The van der Waals surface area contributed by atoms with Crippen LogP contribution in [0.25, 0.3) is 21.5 Å². The van der Waals surface area contributed by atoms with Crippen LogP contribution in [0.4, 0.5) is 0 Å². The van der Waals surface area contributed by atoms with E-state index in [-0.39, 0.29) is 6.04 Å². The average molecular weight is 298 g/mol. The molecule has 1 aromatic carbocycles. The molecule has 0 aliphatic heterocycles. The Labute approximate surface area is 128 Å². The summed E-state index contributed by atoms with van der Waals surface area (Å²) in [5.74, 6) is 0. The minimum absolute atomic E-state index is 0.240. The van der Waals surface area contributed by atoms with Crippen molar-refractivity contribution in [1.82, 2.24) is 20.5 Å². The molecule has 0 aliphatic rings. The van der Waals surface area contributed by atoms with Crippen LogP contribution in [0.3, 0.4) is 0 Å². The SMILES string of the molecule is CCCNC(C)c1nnc(-c2cccc3ncccc23)s1. The number of hydrogen-bond acceptors (Lipinski definition) is 5. The summed E-state index contributed by atoms with van der Waals surface area (Å²) in [7, 11) is 0. The predicted octanol–water partition coefficient (Wildman–Crippen LogP) is 3.81. The molecule has 1 atom stereocenters. The highest BCUT2D eigenvalue weighted by molar-refractivity contribution is 7.14. The normalized spacial score (nSPS) is 12.7. The molecule has 0 saturated heterocycles. The first-order valence-corrected chi connectivity index (χ1v) is 8.02. The van der Waals surface area contributed by atoms with E-state index in [0.29, 0.717) is 0 Å². The zero-order valence-corrected chi connectivity index (χ0v) is 13.0. The molecule has 0 radical (unpaired) electrons. The molecule has 2 aromatic heterocycles. The van der Waals surface area contributed by atoms with Gasteiger partial charge in [0, 0.05) is 17.1 Å². The predicted molar refractivity (Wildman–Crippen MR) is 87.4 cm³/mol. The molecule has 5 heteroatoms. The maximum Gasteiger partial charge on any atom is 0.148 e. The van der Waals surface area contributed by atoms with Crippen LogP contribution < -0.4 is 5.32 Å². The molecule has 3 aromatic rings. The van der Waals surface area contributed by atoms with E-state index >= 15 is 0 Å². The Balaban J connectivity index is 1.95. The van der Waals surface area contributed by atoms with Crippen molar-refractivity contribution in [3.05, 3.63) is 41.5 Å². The Morgan fingerprint density at radius 3 is 2.95 bits per heavy atom. The summed E-state index contributed by atoms with van der Waals surface area (Å²) in [4.78, 5) is 4.39. The van der Waals surface area contributed by atoms with Crippen molar-refractivity contribution in [3.8, 4) is 10.6 Å². The maximum atomic E-state index is 4.39. The molecule has 4 nitrogen and oxygen atoms in total. The van der Waals surface area contributed by atoms with E-state index in [2.05, 4.69) is 46.5 Å². The number of rotatable bonds is 5. The first kappa shape index (κ1) is 14.1. The van der Waals surface area contributed by atoms with Gasteiger partial charge in [-0.15, -0.1) is 10.2 Å². The highest BCUT2D eigenvalue weighted by atomic mass is 32.1. The number of nitrogens with one attached hydrogen (secondary N) is 1. The van der Waals surface area contributed by atoms with Gasteiger partial charge in [-0.3, -0.25) is 4.98 Å². The summed E-state index contributed by atoms with van der Waals surface area (Å²) in [6.07, 6.45) is 2.93. The zero-order valence-electron chi connectivity index (χ0n) is 12.2. The second-order valence-corrected chi connectivity index (χ2v) is 6.01. The van der Waals surface area contributed by atoms with Crippen molar-refractivity contribution >= 4 is 22.2 Å². The van der Waals surface area contributed by atoms with Gasteiger partial charge in [-0.2, -0.15) is 0 Å². The topological polar surface area (TPSA) is 50.7 Å². The maximum absolute atomic E-state index is 4.39. The van der Waals surface area contributed by atoms with Crippen LogP contribution in [0.5, 0.6) is 0 Å². The number of fused-ring (bicyclic) bond motifs is 1. The van der Waals surface area contributed by atoms with Crippen molar-refractivity contribution in [3.63, 3.8) is 0 Å². The monoisotopic (exact) mass is 298 g/mol. The lowest BCUT2D eigenvalue weighted by Gasteiger charge is -2.08. The second kappa shape index (κ2) is 6.28. The quantitative estimate of drug-likeness (QED) is 0.778. The van der Waals surface area contributed by atoms with Crippen molar-refractivity contribution in [1.29, 1.82) is 0 Å². The molecular weight excluding hydrogens is 280 g/mol. The van der Waals surface area contributed by atoms with Crippen LogP contribution in [0.15, 0.2) is 36.5 Å². The molecule has 1 N–H and O–H groups in total. The van der Waals surface area contributed by atoms with E-state index < -0.39 is 0 Å². The summed E-state index contributed by atoms with van der Waals surface area (Å²) in [5, 5.41) is 15.3. The van der Waals surface area contributed by atoms with E-state index in [1.165, 1.54) is 0 Å². The Kier molecular flexibility index (Phi) is 4.22. The fourth-order valence-electron chi connectivity index (χ4n) is 2.26. The molecule has 0 saturated carbocycles. The van der Waals surface area contributed by atoms with Crippen LogP contribution in [0.1, 0.15) is 31.3 Å². The molecule has 2 heterocycles. The van der Waals surface area contributed by atoms with Crippen LogP contribution >= 0.6 is 11.3 Å². The van der Waals surface area contributed by atoms with Gasteiger partial charge in [0.1, 0.15) is 10.0 Å². The van der Waals surface area contributed by atoms with Crippen LogP contribution in [-0.4, -0.2) is 21.7 Å². The fourth-order valence-corrected chi connectivity index (χ4v) is 3.17. The summed E-state index contributed by atoms with van der Waals surface area (Å²) in [6.45, 7) is 5.28. The lowest BCUT2D eigenvalue weighted by Crippen LogP contribution is -2.18. The number of benzene rings is 1. The van der Waals surface area contributed by atoms with Gasteiger partial charge in [-0.25, -0.2) is 0 Å². The third-order valence-corrected chi connectivity index (χ3v) is 4.53. The van der Waals surface area contributed by atoms with Gasteiger partial charge in [0.2, 0.25) is 0 Å². The molecule has 0 amide bonds.